The fourth-order valence-corrected chi connectivity index (χ4v) is 3.40. The lowest BCUT2D eigenvalue weighted by Gasteiger charge is -2.28. The predicted molar refractivity (Wildman–Crippen MR) is 99.8 cm³/mol. The van der Waals surface area contributed by atoms with Gasteiger partial charge in [-0.05, 0) is 57.7 Å². The van der Waals surface area contributed by atoms with Crippen molar-refractivity contribution < 1.29 is 18.5 Å². The predicted octanol–water partition coefficient (Wildman–Crippen LogP) is 3.46. The van der Waals surface area contributed by atoms with Gasteiger partial charge >= 0.3 is 6.01 Å². The SMILES string of the molecule is Cc1cc(C)nc(OC2CCC(NC(=O)c3cc(-c4ccco4)on3)CC2)n1. The molecule has 0 saturated heterocycles. The molecule has 8 heteroatoms. The molecule has 0 radical (unpaired) electrons. The second kappa shape index (κ2) is 7.84. The van der Waals surface area contributed by atoms with Crippen LogP contribution in [0.25, 0.3) is 11.5 Å². The lowest BCUT2D eigenvalue weighted by Crippen LogP contribution is -2.40. The molecule has 1 fully saturated rings. The first-order chi connectivity index (χ1) is 13.6. The monoisotopic (exact) mass is 382 g/mol. The van der Waals surface area contributed by atoms with E-state index in [1.165, 1.54) is 0 Å². The zero-order chi connectivity index (χ0) is 19.5. The minimum absolute atomic E-state index is 0.0620. The van der Waals surface area contributed by atoms with Crippen molar-refractivity contribution in [2.75, 3.05) is 0 Å². The molecule has 3 aromatic heterocycles. The van der Waals surface area contributed by atoms with E-state index in [2.05, 4.69) is 20.4 Å². The maximum absolute atomic E-state index is 12.4. The highest BCUT2D eigenvalue weighted by Crippen LogP contribution is 2.24. The summed E-state index contributed by atoms with van der Waals surface area (Å²) >= 11 is 0. The van der Waals surface area contributed by atoms with E-state index < -0.39 is 0 Å². The molecule has 1 aliphatic rings. The maximum Gasteiger partial charge on any atom is 0.317 e. The highest BCUT2D eigenvalue weighted by atomic mass is 16.5. The van der Waals surface area contributed by atoms with Crippen LogP contribution in [-0.4, -0.2) is 33.2 Å². The van der Waals surface area contributed by atoms with Gasteiger partial charge in [-0.15, -0.1) is 0 Å². The molecule has 1 saturated carbocycles. The Balaban J connectivity index is 1.29. The number of rotatable bonds is 5. The summed E-state index contributed by atoms with van der Waals surface area (Å²) in [5.74, 6) is 0.724. The molecular formula is C20H22N4O4. The average molecular weight is 382 g/mol. The van der Waals surface area contributed by atoms with Crippen molar-refractivity contribution in [3.05, 3.63) is 47.6 Å². The van der Waals surface area contributed by atoms with Gasteiger partial charge in [-0.3, -0.25) is 4.79 Å². The van der Waals surface area contributed by atoms with E-state index in [1.807, 2.05) is 19.9 Å². The van der Waals surface area contributed by atoms with E-state index in [1.54, 1.807) is 24.5 Å². The number of furan rings is 1. The van der Waals surface area contributed by atoms with Gasteiger partial charge in [-0.2, -0.15) is 0 Å². The van der Waals surface area contributed by atoms with Crippen molar-refractivity contribution in [2.45, 2.75) is 51.7 Å². The third kappa shape index (κ3) is 4.21. The maximum atomic E-state index is 12.4. The van der Waals surface area contributed by atoms with E-state index in [-0.39, 0.29) is 23.7 Å². The number of hydrogen-bond donors (Lipinski definition) is 1. The molecule has 0 spiro atoms. The van der Waals surface area contributed by atoms with Gasteiger partial charge in [-0.1, -0.05) is 5.16 Å². The Hall–Kier alpha value is -3.16. The molecule has 1 N–H and O–H groups in total. The van der Waals surface area contributed by atoms with Crippen LogP contribution in [0.2, 0.25) is 0 Å². The Bertz CT molecular complexity index is 923. The first kappa shape index (κ1) is 18.2. The largest absolute Gasteiger partial charge is 0.461 e. The summed E-state index contributed by atoms with van der Waals surface area (Å²) in [7, 11) is 0. The Morgan fingerprint density at radius 2 is 1.86 bits per heavy atom. The molecule has 146 valence electrons. The van der Waals surface area contributed by atoms with Crippen LogP contribution < -0.4 is 10.1 Å². The average Bonchev–Trinajstić information content (AvgIpc) is 3.34. The number of hydrogen-bond acceptors (Lipinski definition) is 7. The number of nitrogens with zero attached hydrogens (tertiary/aromatic N) is 3. The van der Waals surface area contributed by atoms with Crippen molar-refractivity contribution in [1.29, 1.82) is 0 Å². The molecule has 1 amide bonds. The molecule has 0 bridgehead atoms. The molecular weight excluding hydrogens is 360 g/mol. The quantitative estimate of drug-likeness (QED) is 0.720. The third-order valence-corrected chi connectivity index (χ3v) is 4.75. The second-order valence-electron chi connectivity index (χ2n) is 7.05. The van der Waals surface area contributed by atoms with E-state index in [4.69, 9.17) is 13.7 Å². The summed E-state index contributed by atoms with van der Waals surface area (Å²) in [6, 6.07) is 7.51. The molecule has 3 heterocycles. The van der Waals surface area contributed by atoms with E-state index in [9.17, 15) is 4.79 Å². The summed E-state index contributed by atoms with van der Waals surface area (Å²) in [6.45, 7) is 3.85. The molecule has 0 unspecified atom stereocenters. The lowest BCUT2D eigenvalue weighted by molar-refractivity contribution is 0.0876. The van der Waals surface area contributed by atoms with Crippen LogP contribution >= 0.6 is 0 Å². The van der Waals surface area contributed by atoms with Crippen molar-refractivity contribution in [2.24, 2.45) is 0 Å². The molecule has 1 aliphatic carbocycles. The minimum atomic E-state index is -0.247. The zero-order valence-electron chi connectivity index (χ0n) is 15.8. The molecule has 8 nitrogen and oxygen atoms in total. The van der Waals surface area contributed by atoms with Crippen molar-refractivity contribution in [3.63, 3.8) is 0 Å². The summed E-state index contributed by atoms with van der Waals surface area (Å²) < 4.78 is 16.4. The topological polar surface area (TPSA) is 103 Å². The van der Waals surface area contributed by atoms with Crippen molar-refractivity contribution in [1.82, 2.24) is 20.4 Å². The van der Waals surface area contributed by atoms with Gasteiger partial charge in [-0.25, -0.2) is 9.97 Å². The van der Waals surface area contributed by atoms with Crippen LogP contribution in [0.5, 0.6) is 6.01 Å². The molecule has 4 rings (SSSR count). The Kier molecular flexibility index (Phi) is 5.10. The number of ether oxygens (including phenoxy) is 1. The molecule has 28 heavy (non-hydrogen) atoms. The summed E-state index contributed by atoms with van der Waals surface area (Å²) in [4.78, 5) is 21.1. The van der Waals surface area contributed by atoms with Gasteiger partial charge in [0.15, 0.2) is 11.5 Å². The zero-order valence-corrected chi connectivity index (χ0v) is 15.8. The van der Waals surface area contributed by atoms with Gasteiger partial charge in [0, 0.05) is 23.5 Å². The number of aryl methyl sites for hydroxylation is 2. The fraction of sp³-hybridized carbons (Fsp3) is 0.400. The Morgan fingerprint density at radius 3 is 2.54 bits per heavy atom. The van der Waals surface area contributed by atoms with Gasteiger partial charge in [0.25, 0.3) is 5.91 Å². The first-order valence-corrected chi connectivity index (χ1v) is 9.37. The van der Waals surface area contributed by atoms with Crippen molar-refractivity contribution >= 4 is 5.91 Å². The standard InChI is InChI=1S/C20H22N4O4/c1-12-10-13(2)22-20(21-12)27-15-7-5-14(6-8-15)23-19(25)16-11-18(28-24-16)17-4-3-9-26-17/h3-4,9-11,14-15H,5-8H2,1-2H3,(H,23,25). The van der Waals surface area contributed by atoms with Crippen LogP contribution in [-0.2, 0) is 0 Å². The third-order valence-electron chi connectivity index (χ3n) is 4.75. The van der Waals surface area contributed by atoms with Crippen LogP contribution in [0.4, 0.5) is 0 Å². The second-order valence-corrected chi connectivity index (χ2v) is 7.05. The number of carbonyl (C=O) groups excluding carboxylic acids is 1. The fourth-order valence-electron chi connectivity index (χ4n) is 3.40. The van der Waals surface area contributed by atoms with Gasteiger partial charge in [0.05, 0.1) is 6.26 Å². The number of aromatic nitrogens is 3. The van der Waals surface area contributed by atoms with E-state index in [0.717, 1.165) is 37.1 Å². The van der Waals surface area contributed by atoms with Gasteiger partial charge in [0.2, 0.25) is 5.76 Å². The first-order valence-electron chi connectivity index (χ1n) is 9.37. The molecule has 0 atom stereocenters. The van der Waals surface area contributed by atoms with Crippen LogP contribution in [0.15, 0.2) is 39.5 Å². The minimum Gasteiger partial charge on any atom is -0.461 e. The number of carbonyl (C=O) groups is 1. The molecule has 0 aromatic carbocycles. The van der Waals surface area contributed by atoms with E-state index in [0.29, 0.717) is 17.5 Å². The van der Waals surface area contributed by atoms with Crippen LogP contribution in [0.1, 0.15) is 47.6 Å². The Morgan fingerprint density at radius 1 is 1.11 bits per heavy atom. The van der Waals surface area contributed by atoms with Crippen LogP contribution in [0.3, 0.4) is 0 Å². The van der Waals surface area contributed by atoms with E-state index >= 15 is 0 Å². The highest BCUT2D eigenvalue weighted by Gasteiger charge is 2.26. The summed E-state index contributed by atoms with van der Waals surface area (Å²) in [5, 5.41) is 6.85. The van der Waals surface area contributed by atoms with Gasteiger partial charge < -0.3 is 19.0 Å². The number of amides is 1. The summed E-state index contributed by atoms with van der Waals surface area (Å²) in [6.07, 6.45) is 4.91. The molecule has 3 aromatic rings. The van der Waals surface area contributed by atoms with Crippen LogP contribution in [0, 0.1) is 13.8 Å². The smallest absolute Gasteiger partial charge is 0.317 e. The lowest BCUT2D eigenvalue weighted by atomic mass is 9.93. The normalized spacial score (nSPS) is 19.4. The molecule has 0 aliphatic heterocycles. The number of nitrogens with one attached hydrogen (secondary N) is 1. The highest BCUT2D eigenvalue weighted by molar-refractivity contribution is 5.93. The van der Waals surface area contributed by atoms with Crippen molar-refractivity contribution in [3.8, 4) is 17.5 Å². The summed E-state index contributed by atoms with van der Waals surface area (Å²) in [5.41, 5.74) is 2.03. The Labute approximate surface area is 162 Å². The van der Waals surface area contributed by atoms with Gasteiger partial charge in [0.1, 0.15) is 6.10 Å².